The van der Waals surface area contributed by atoms with Crippen LogP contribution in [0.1, 0.15) is 47.7 Å². The summed E-state index contributed by atoms with van der Waals surface area (Å²) in [5.74, 6) is 0.606. The minimum Gasteiger partial charge on any atom is -0.382 e. The standard InChI is InChI=1S/C28H29F4N9O/c1-4-33-23-7-15(25-20(12-35-40(25)3)26-38-34-14-39(26)2)8-24(37-23)41-13-21-19(27(41)42)10-18(11-22(21)28(30,31)32)36-17-6-5-16(29)9-17/h7-8,10-12,14,16-17,36H,4-6,9,13H2,1-3H3,(H,33,37)/t16-,17?/m0/s1. The molecule has 4 aromatic rings. The van der Waals surface area contributed by atoms with Gasteiger partial charge in [0, 0.05) is 43.5 Å². The Bertz CT molecular complexity index is 1660. The quantitative estimate of drug-likeness (QED) is 0.289. The lowest BCUT2D eigenvalue weighted by Crippen LogP contribution is -2.24. The van der Waals surface area contributed by atoms with Crippen LogP contribution in [0, 0.1) is 0 Å². The number of aromatic nitrogens is 6. The van der Waals surface area contributed by atoms with Gasteiger partial charge in [0.25, 0.3) is 5.91 Å². The zero-order chi connectivity index (χ0) is 29.8. The molecule has 0 saturated heterocycles. The maximum absolute atomic E-state index is 14.3. The molecule has 2 N–H and O–H groups in total. The van der Waals surface area contributed by atoms with Crippen LogP contribution in [0.5, 0.6) is 0 Å². The van der Waals surface area contributed by atoms with Gasteiger partial charge in [-0.25, -0.2) is 9.37 Å². The second-order valence-electron chi connectivity index (χ2n) is 10.6. The number of alkyl halides is 4. The summed E-state index contributed by atoms with van der Waals surface area (Å²) in [7, 11) is 3.57. The van der Waals surface area contributed by atoms with Gasteiger partial charge in [0.05, 0.1) is 29.6 Å². The third-order valence-electron chi connectivity index (χ3n) is 7.70. The normalized spacial score (nSPS) is 18.5. The average molecular weight is 584 g/mol. The largest absolute Gasteiger partial charge is 0.416 e. The van der Waals surface area contributed by atoms with E-state index in [1.807, 2.05) is 6.92 Å². The zero-order valence-electron chi connectivity index (χ0n) is 23.2. The second-order valence-corrected chi connectivity index (χ2v) is 10.6. The number of nitrogens with one attached hydrogen (secondary N) is 2. The van der Waals surface area contributed by atoms with Gasteiger partial charge >= 0.3 is 6.18 Å². The van der Waals surface area contributed by atoms with Crippen molar-refractivity contribution >= 4 is 23.2 Å². The lowest BCUT2D eigenvalue weighted by Gasteiger charge is -2.18. The van der Waals surface area contributed by atoms with Crippen LogP contribution < -0.4 is 15.5 Å². The molecule has 1 aliphatic carbocycles. The van der Waals surface area contributed by atoms with Crippen LogP contribution in [0.15, 0.2) is 36.8 Å². The summed E-state index contributed by atoms with van der Waals surface area (Å²) in [4.78, 5) is 19.6. The fraction of sp³-hybridized carbons (Fsp3) is 0.393. The van der Waals surface area contributed by atoms with Gasteiger partial charge in [0.1, 0.15) is 24.1 Å². The molecule has 1 aliphatic heterocycles. The van der Waals surface area contributed by atoms with E-state index < -0.39 is 23.8 Å². The van der Waals surface area contributed by atoms with Crippen LogP contribution in [0.4, 0.5) is 34.9 Å². The fourth-order valence-corrected chi connectivity index (χ4v) is 5.76. The first-order chi connectivity index (χ1) is 20.0. The van der Waals surface area contributed by atoms with E-state index in [1.54, 1.807) is 48.0 Å². The number of halogens is 4. The third kappa shape index (κ3) is 4.94. The molecule has 14 heteroatoms. The van der Waals surface area contributed by atoms with Gasteiger partial charge in [-0.05, 0) is 56.0 Å². The molecule has 4 heterocycles. The summed E-state index contributed by atoms with van der Waals surface area (Å²) in [6.07, 6.45) is -1.39. The number of amides is 1. The third-order valence-corrected chi connectivity index (χ3v) is 7.70. The second kappa shape index (κ2) is 10.4. The Hall–Kier alpha value is -4.49. The number of rotatable bonds is 7. The molecule has 1 unspecified atom stereocenters. The maximum Gasteiger partial charge on any atom is 0.416 e. The van der Waals surface area contributed by atoms with Crippen molar-refractivity contribution in [2.45, 2.75) is 51.1 Å². The summed E-state index contributed by atoms with van der Waals surface area (Å²) >= 11 is 0. The van der Waals surface area contributed by atoms with Crippen molar-refractivity contribution in [3.8, 4) is 22.6 Å². The van der Waals surface area contributed by atoms with Crippen molar-refractivity contribution in [1.29, 1.82) is 0 Å². The Morgan fingerprint density at radius 1 is 1.10 bits per heavy atom. The van der Waals surface area contributed by atoms with Crippen molar-refractivity contribution in [2.75, 3.05) is 22.1 Å². The predicted octanol–water partition coefficient (Wildman–Crippen LogP) is 5.19. The van der Waals surface area contributed by atoms with Gasteiger partial charge < -0.3 is 15.2 Å². The first kappa shape index (κ1) is 27.7. The smallest absolute Gasteiger partial charge is 0.382 e. The summed E-state index contributed by atoms with van der Waals surface area (Å²) in [6, 6.07) is 5.60. The molecule has 0 bridgehead atoms. The highest BCUT2D eigenvalue weighted by atomic mass is 19.4. The molecule has 1 amide bonds. The molecule has 0 radical (unpaired) electrons. The zero-order valence-corrected chi connectivity index (χ0v) is 23.2. The summed E-state index contributed by atoms with van der Waals surface area (Å²) in [5.41, 5.74) is 1.07. The van der Waals surface area contributed by atoms with Crippen LogP contribution in [0.2, 0.25) is 0 Å². The number of nitrogens with zero attached hydrogens (tertiary/aromatic N) is 7. The topological polar surface area (TPSA) is 106 Å². The molecule has 1 fully saturated rings. The molecular formula is C28H29F4N9O. The SMILES string of the molecule is CCNc1cc(-c2c(-c3nncn3C)cnn2C)cc(N2Cc3c(cc(NC4CC[C@H](F)C4)cc3C(F)(F)F)C2=O)n1. The highest BCUT2D eigenvalue weighted by molar-refractivity contribution is 6.10. The van der Waals surface area contributed by atoms with E-state index in [-0.39, 0.29) is 41.6 Å². The number of anilines is 3. The lowest BCUT2D eigenvalue weighted by molar-refractivity contribution is -0.138. The van der Waals surface area contributed by atoms with Crippen molar-refractivity contribution in [3.05, 3.63) is 53.5 Å². The number of benzene rings is 1. The Kier molecular flexibility index (Phi) is 6.86. The van der Waals surface area contributed by atoms with E-state index in [9.17, 15) is 22.4 Å². The van der Waals surface area contributed by atoms with E-state index in [2.05, 4.69) is 30.9 Å². The maximum atomic E-state index is 14.3. The van der Waals surface area contributed by atoms with Gasteiger partial charge in [-0.3, -0.25) is 14.4 Å². The average Bonchev–Trinajstić information content (AvgIpc) is 3.71. The highest BCUT2D eigenvalue weighted by Gasteiger charge is 2.41. The molecule has 10 nitrogen and oxygen atoms in total. The van der Waals surface area contributed by atoms with E-state index in [1.165, 1.54) is 11.0 Å². The Balaban J connectivity index is 1.42. The van der Waals surface area contributed by atoms with E-state index in [0.29, 0.717) is 47.8 Å². The summed E-state index contributed by atoms with van der Waals surface area (Å²) in [5, 5.41) is 18.7. The van der Waals surface area contributed by atoms with Crippen LogP contribution >= 0.6 is 0 Å². The first-order valence-electron chi connectivity index (χ1n) is 13.6. The van der Waals surface area contributed by atoms with Gasteiger partial charge in [0.2, 0.25) is 0 Å². The van der Waals surface area contributed by atoms with Crippen molar-refractivity contribution in [3.63, 3.8) is 0 Å². The van der Waals surface area contributed by atoms with Gasteiger partial charge in [0.15, 0.2) is 5.82 Å². The molecule has 1 aromatic carbocycles. The predicted molar refractivity (Wildman–Crippen MR) is 149 cm³/mol. The monoisotopic (exact) mass is 583 g/mol. The Morgan fingerprint density at radius 2 is 1.90 bits per heavy atom. The van der Waals surface area contributed by atoms with Crippen molar-refractivity contribution < 1.29 is 22.4 Å². The molecule has 2 aliphatic rings. The van der Waals surface area contributed by atoms with Crippen LogP contribution in [0.25, 0.3) is 22.6 Å². The lowest BCUT2D eigenvalue weighted by atomic mass is 10.0. The van der Waals surface area contributed by atoms with Crippen molar-refractivity contribution in [1.82, 2.24) is 29.5 Å². The van der Waals surface area contributed by atoms with Crippen LogP contribution in [0.3, 0.4) is 0 Å². The number of fused-ring (bicyclic) bond motifs is 1. The molecule has 1 saturated carbocycles. The number of hydrogen-bond acceptors (Lipinski definition) is 7. The molecular weight excluding hydrogens is 554 g/mol. The van der Waals surface area contributed by atoms with E-state index >= 15 is 0 Å². The number of carbonyl (C=O) groups is 1. The van der Waals surface area contributed by atoms with Crippen LogP contribution in [-0.4, -0.2) is 54.2 Å². The minimum atomic E-state index is -4.69. The number of pyridine rings is 1. The molecule has 42 heavy (non-hydrogen) atoms. The molecule has 2 atom stereocenters. The van der Waals surface area contributed by atoms with E-state index in [4.69, 9.17) is 0 Å². The van der Waals surface area contributed by atoms with Crippen LogP contribution in [-0.2, 0) is 26.8 Å². The first-order valence-corrected chi connectivity index (χ1v) is 13.6. The van der Waals surface area contributed by atoms with Crippen molar-refractivity contribution in [2.24, 2.45) is 14.1 Å². The number of hydrogen-bond donors (Lipinski definition) is 2. The minimum absolute atomic E-state index is 0.0559. The molecule has 6 rings (SSSR count). The van der Waals surface area contributed by atoms with E-state index in [0.717, 1.165) is 6.07 Å². The fourth-order valence-electron chi connectivity index (χ4n) is 5.76. The van der Waals surface area contributed by atoms with Gasteiger partial charge in [-0.2, -0.15) is 18.3 Å². The molecule has 220 valence electrons. The molecule has 0 spiro atoms. The van der Waals surface area contributed by atoms with Gasteiger partial charge in [-0.15, -0.1) is 10.2 Å². The summed E-state index contributed by atoms with van der Waals surface area (Å²) in [6.45, 7) is 2.11. The summed E-state index contributed by atoms with van der Waals surface area (Å²) < 4.78 is 59.9. The number of carbonyl (C=O) groups excluding carboxylic acids is 1. The number of aryl methyl sites for hydroxylation is 2. The highest BCUT2D eigenvalue weighted by Crippen LogP contribution is 2.42. The Labute approximate surface area is 238 Å². The van der Waals surface area contributed by atoms with Gasteiger partial charge in [-0.1, -0.05) is 0 Å². The molecule has 3 aromatic heterocycles. The Morgan fingerprint density at radius 3 is 2.57 bits per heavy atom.